The predicted octanol–water partition coefficient (Wildman–Crippen LogP) is 3.92. The molecule has 0 aliphatic carbocycles. The maximum atomic E-state index is 12.8. The van der Waals surface area contributed by atoms with Crippen LogP contribution in [0.5, 0.6) is 0 Å². The normalized spacial score (nSPS) is 10.3. The van der Waals surface area contributed by atoms with Crippen LogP contribution in [0.3, 0.4) is 0 Å². The Hall–Kier alpha value is -2.94. The van der Waals surface area contributed by atoms with Crippen LogP contribution in [0.15, 0.2) is 85.1 Å². The average molecular weight is 302 g/mol. The van der Waals surface area contributed by atoms with Gasteiger partial charge < -0.3 is 4.90 Å². The van der Waals surface area contributed by atoms with Gasteiger partial charge in [0.25, 0.3) is 5.91 Å². The number of benzene rings is 2. The van der Waals surface area contributed by atoms with Gasteiger partial charge in [-0.1, -0.05) is 66.7 Å². The minimum absolute atomic E-state index is 0.0571. The fourth-order valence-electron chi connectivity index (χ4n) is 2.46. The summed E-state index contributed by atoms with van der Waals surface area (Å²) in [6, 6.07) is 25.4. The van der Waals surface area contributed by atoms with E-state index in [-0.39, 0.29) is 5.91 Å². The molecule has 3 aromatic rings. The molecule has 0 saturated carbocycles. The fraction of sp³-hybridized carbons (Fsp3) is 0.100. The molecule has 3 nitrogen and oxygen atoms in total. The third-order valence-electron chi connectivity index (χ3n) is 3.60. The first kappa shape index (κ1) is 15.0. The van der Waals surface area contributed by atoms with Crippen LogP contribution in [0.1, 0.15) is 21.6 Å². The smallest absolute Gasteiger partial charge is 0.273 e. The second-order valence-corrected chi connectivity index (χ2v) is 5.35. The van der Waals surface area contributed by atoms with Crippen molar-refractivity contribution in [3.8, 4) is 0 Å². The van der Waals surface area contributed by atoms with E-state index in [0.29, 0.717) is 18.8 Å². The van der Waals surface area contributed by atoms with Gasteiger partial charge in [-0.15, -0.1) is 0 Å². The highest BCUT2D eigenvalue weighted by Crippen LogP contribution is 2.13. The van der Waals surface area contributed by atoms with Gasteiger partial charge in [-0.3, -0.25) is 9.78 Å². The molecule has 0 aliphatic rings. The van der Waals surface area contributed by atoms with E-state index in [2.05, 4.69) is 4.98 Å². The number of hydrogen-bond donors (Lipinski definition) is 0. The maximum Gasteiger partial charge on any atom is 0.273 e. The van der Waals surface area contributed by atoms with Crippen molar-refractivity contribution in [3.05, 3.63) is 102 Å². The lowest BCUT2D eigenvalue weighted by Crippen LogP contribution is -2.30. The first-order valence-electron chi connectivity index (χ1n) is 7.61. The SMILES string of the molecule is O=C(c1ccccn1)N(Cc1ccccc1)Cc1ccccc1. The van der Waals surface area contributed by atoms with Crippen molar-refractivity contribution in [2.24, 2.45) is 0 Å². The number of amides is 1. The standard InChI is InChI=1S/C20H18N2O/c23-20(19-13-7-8-14-21-19)22(15-17-9-3-1-4-10-17)16-18-11-5-2-6-12-18/h1-14H,15-16H2. The quantitative estimate of drug-likeness (QED) is 0.715. The number of rotatable bonds is 5. The molecule has 0 fully saturated rings. The first-order valence-corrected chi connectivity index (χ1v) is 7.61. The highest BCUT2D eigenvalue weighted by Gasteiger charge is 2.17. The number of aromatic nitrogens is 1. The first-order chi connectivity index (χ1) is 11.3. The van der Waals surface area contributed by atoms with Gasteiger partial charge in [-0.2, -0.15) is 0 Å². The molecule has 0 unspecified atom stereocenters. The van der Waals surface area contributed by atoms with Gasteiger partial charge >= 0.3 is 0 Å². The lowest BCUT2D eigenvalue weighted by Gasteiger charge is -2.22. The van der Waals surface area contributed by atoms with Gasteiger partial charge in [-0.05, 0) is 23.3 Å². The van der Waals surface area contributed by atoms with Crippen molar-refractivity contribution in [1.29, 1.82) is 0 Å². The topological polar surface area (TPSA) is 33.2 Å². The van der Waals surface area contributed by atoms with E-state index >= 15 is 0 Å². The highest BCUT2D eigenvalue weighted by molar-refractivity contribution is 5.92. The van der Waals surface area contributed by atoms with Gasteiger partial charge in [0.05, 0.1) is 0 Å². The predicted molar refractivity (Wildman–Crippen MR) is 90.7 cm³/mol. The van der Waals surface area contributed by atoms with E-state index in [1.54, 1.807) is 12.3 Å². The molecule has 0 N–H and O–H groups in total. The summed E-state index contributed by atoms with van der Waals surface area (Å²) in [6.45, 7) is 1.12. The summed E-state index contributed by atoms with van der Waals surface area (Å²) < 4.78 is 0. The summed E-state index contributed by atoms with van der Waals surface area (Å²) in [5.74, 6) is -0.0571. The Morgan fingerprint density at radius 2 is 1.26 bits per heavy atom. The molecule has 3 heteroatoms. The van der Waals surface area contributed by atoms with Crippen molar-refractivity contribution in [3.63, 3.8) is 0 Å². The average Bonchev–Trinajstić information content (AvgIpc) is 2.63. The van der Waals surface area contributed by atoms with Crippen LogP contribution in [0, 0.1) is 0 Å². The van der Waals surface area contributed by atoms with Gasteiger partial charge in [0.15, 0.2) is 0 Å². The molecule has 0 saturated heterocycles. The lowest BCUT2D eigenvalue weighted by molar-refractivity contribution is 0.0724. The Morgan fingerprint density at radius 1 is 0.739 bits per heavy atom. The van der Waals surface area contributed by atoms with E-state index in [1.165, 1.54) is 0 Å². The van der Waals surface area contributed by atoms with Crippen molar-refractivity contribution >= 4 is 5.91 Å². The summed E-state index contributed by atoms with van der Waals surface area (Å²) in [5, 5.41) is 0. The van der Waals surface area contributed by atoms with Crippen molar-refractivity contribution in [1.82, 2.24) is 9.88 Å². The molecule has 1 heterocycles. The Morgan fingerprint density at radius 3 is 1.74 bits per heavy atom. The van der Waals surface area contributed by atoms with Gasteiger partial charge in [0.2, 0.25) is 0 Å². The number of carbonyl (C=O) groups excluding carboxylic acids is 1. The minimum atomic E-state index is -0.0571. The molecule has 0 spiro atoms. The third-order valence-corrected chi connectivity index (χ3v) is 3.60. The van der Waals surface area contributed by atoms with E-state index in [9.17, 15) is 4.79 Å². The molecule has 0 atom stereocenters. The molecule has 3 rings (SSSR count). The zero-order valence-corrected chi connectivity index (χ0v) is 12.8. The number of carbonyl (C=O) groups is 1. The number of hydrogen-bond acceptors (Lipinski definition) is 2. The third kappa shape index (κ3) is 4.04. The van der Waals surface area contributed by atoms with Gasteiger partial charge in [0, 0.05) is 19.3 Å². The van der Waals surface area contributed by atoms with Crippen LogP contribution < -0.4 is 0 Å². The monoisotopic (exact) mass is 302 g/mol. The van der Waals surface area contributed by atoms with E-state index < -0.39 is 0 Å². The van der Waals surface area contributed by atoms with Crippen LogP contribution in [0.4, 0.5) is 0 Å². The molecule has 23 heavy (non-hydrogen) atoms. The van der Waals surface area contributed by atoms with Gasteiger partial charge in [0.1, 0.15) is 5.69 Å². The highest BCUT2D eigenvalue weighted by atomic mass is 16.2. The second kappa shape index (κ2) is 7.36. The Balaban J connectivity index is 1.85. The molecule has 114 valence electrons. The van der Waals surface area contributed by atoms with Crippen LogP contribution in [0.25, 0.3) is 0 Å². The second-order valence-electron chi connectivity index (χ2n) is 5.35. The molecule has 1 amide bonds. The molecule has 1 aromatic heterocycles. The molecule has 0 radical (unpaired) electrons. The molecule has 2 aromatic carbocycles. The van der Waals surface area contributed by atoms with E-state index in [1.807, 2.05) is 77.7 Å². The Kier molecular flexibility index (Phi) is 4.79. The molecular formula is C20H18N2O. The zero-order chi connectivity index (χ0) is 15.9. The van der Waals surface area contributed by atoms with Crippen LogP contribution in [-0.2, 0) is 13.1 Å². The van der Waals surface area contributed by atoms with Crippen molar-refractivity contribution < 1.29 is 4.79 Å². The summed E-state index contributed by atoms with van der Waals surface area (Å²) in [7, 11) is 0. The Bertz CT molecular complexity index is 701. The van der Waals surface area contributed by atoms with Crippen LogP contribution in [-0.4, -0.2) is 15.8 Å². The Labute approximate surface area is 136 Å². The van der Waals surface area contributed by atoms with Crippen molar-refractivity contribution in [2.45, 2.75) is 13.1 Å². The lowest BCUT2D eigenvalue weighted by atomic mass is 10.1. The van der Waals surface area contributed by atoms with Gasteiger partial charge in [-0.25, -0.2) is 0 Å². The molecule has 0 bridgehead atoms. The molecular weight excluding hydrogens is 284 g/mol. The van der Waals surface area contributed by atoms with E-state index in [0.717, 1.165) is 11.1 Å². The molecule has 0 aliphatic heterocycles. The zero-order valence-electron chi connectivity index (χ0n) is 12.8. The summed E-state index contributed by atoms with van der Waals surface area (Å²) >= 11 is 0. The summed E-state index contributed by atoms with van der Waals surface area (Å²) in [4.78, 5) is 18.8. The van der Waals surface area contributed by atoms with E-state index in [4.69, 9.17) is 0 Å². The summed E-state index contributed by atoms with van der Waals surface area (Å²) in [6.07, 6.45) is 1.65. The largest absolute Gasteiger partial charge is 0.329 e. The van der Waals surface area contributed by atoms with Crippen LogP contribution in [0.2, 0.25) is 0 Å². The number of nitrogens with zero attached hydrogens (tertiary/aromatic N) is 2. The van der Waals surface area contributed by atoms with Crippen LogP contribution >= 0.6 is 0 Å². The maximum absolute atomic E-state index is 12.8. The number of pyridine rings is 1. The minimum Gasteiger partial charge on any atom is -0.329 e. The fourth-order valence-corrected chi connectivity index (χ4v) is 2.46. The van der Waals surface area contributed by atoms with Crippen molar-refractivity contribution in [2.75, 3.05) is 0 Å². The summed E-state index contributed by atoms with van der Waals surface area (Å²) in [5.41, 5.74) is 2.68.